The first-order chi connectivity index (χ1) is 7.18. The van der Waals surface area contributed by atoms with Crippen molar-refractivity contribution in [2.24, 2.45) is 0 Å². The molecule has 2 rings (SSSR count). The summed E-state index contributed by atoms with van der Waals surface area (Å²) in [6.45, 7) is 1.97. The van der Waals surface area contributed by atoms with Gasteiger partial charge in [0.15, 0.2) is 0 Å². The van der Waals surface area contributed by atoms with Gasteiger partial charge >= 0.3 is 0 Å². The molecule has 0 bridgehead atoms. The van der Waals surface area contributed by atoms with Crippen LogP contribution in [0.1, 0.15) is 5.56 Å². The monoisotopic (exact) mass is 221 g/mol. The van der Waals surface area contributed by atoms with Gasteiger partial charge in [0.25, 0.3) is 0 Å². The van der Waals surface area contributed by atoms with Gasteiger partial charge in [-0.3, -0.25) is 4.98 Å². The minimum absolute atomic E-state index is 0.328. The highest BCUT2D eigenvalue weighted by molar-refractivity contribution is 6.33. The molecule has 0 saturated carbocycles. The molecule has 0 fully saturated rings. The van der Waals surface area contributed by atoms with Crippen LogP contribution in [0.4, 0.5) is 4.39 Å². The van der Waals surface area contributed by atoms with Crippen molar-refractivity contribution in [3.8, 4) is 11.1 Å². The number of benzene rings is 1. The van der Waals surface area contributed by atoms with Crippen molar-refractivity contribution in [2.75, 3.05) is 0 Å². The van der Waals surface area contributed by atoms with Crippen LogP contribution in [-0.2, 0) is 0 Å². The van der Waals surface area contributed by atoms with Gasteiger partial charge in [0.1, 0.15) is 5.82 Å². The highest BCUT2D eigenvalue weighted by Crippen LogP contribution is 2.29. The Bertz CT molecular complexity index is 497. The van der Waals surface area contributed by atoms with E-state index in [1.807, 2.05) is 13.0 Å². The molecule has 15 heavy (non-hydrogen) atoms. The summed E-state index contributed by atoms with van der Waals surface area (Å²) in [6.07, 6.45) is 3.45. The van der Waals surface area contributed by atoms with E-state index in [4.69, 9.17) is 11.6 Å². The quantitative estimate of drug-likeness (QED) is 0.713. The van der Waals surface area contributed by atoms with Crippen LogP contribution in [0.5, 0.6) is 0 Å². The average Bonchev–Trinajstić information content (AvgIpc) is 2.20. The fourth-order valence-electron chi connectivity index (χ4n) is 1.45. The van der Waals surface area contributed by atoms with Crippen molar-refractivity contribution in [3.05, 3.63) is 53.1 Å². The number of halogens is 2. The maximum absolute atomic E-state index is 12.9. The third-order valence-electron chi connectivity index (χ3n) is 2.26. The fraction of sp³-hybridized carbons (Fsp3) is 0.0833. The van der Waals surface area contributed by atoms with Gasteiger partial charge in [-0.2, -0.15) is 0 Å². The first-order valence-corrected chi connectivity index (χ1v) is 4.92. The molecular weight excluding hydrogens is 213 g/mol. The topological polar surface area (TPSA) is 12.9 Å². The lowest BCUT2D eigenvalue weighted by molar-refractivity contribution is 0.628. The Morgan fingerprint density at radius 2 is 2.00 bits per heavy atom. The van der Waals surface area contributed by atoms with E-state index in [2.05, 4.69) is 4.98 Å². The Balaban J connectivity index is 2.60. The summed E-state index contributed by atoms with van der Waals surface area (Å²) in [7, 11) is 0. The Labute approximate surface area is 92.5 Å². The highest BCUT2D eigenvalue weighted by Gasteiger charge is 2.06. The molecule has 2 aromatic rings. The van der Waals surface area contributed by atoms with Crippen LogP contribution < -0.4 is 0 Å². The molecule has 0 spiro atoms. The van der Waals surface area contributed by atoms with E-state index < -0.39 is 0 Å². The van der Waals surface area contributed by atoms with Gasteiger partial charge in [0, 0.05) is 23.5 Å². The minimum Gasteiger partial charge on any atom is -0.264 e. The molecule has 3 heteroatoms. The second-order valence-electron chi connectivity index (χ2n) is 3.31. The molecule has 0 unspecified atom stereocenters. The molecule has 76 valence electrons. The van der Waals surface area contributed by atoms with Crippen molar-refractivity contribution >= 4 is 11.6 Å². The molecule has 1 heterocycles. The summed E-state index contributed by atoms with van der Waals surface area (Å²) >= 11 is 5.97. The Morgan fingerprint density at radius 1 is 1.20 bits per heavy atom. The third-order valence-corrected chi connectivity index (χ3v) is 2.57. The van der Waals surface area contributed by atoms with Crippen LogP contribution in [-0.4, -0.2) is 4.98 Å². The van der Waals surface area contributed by atoms with Crippen molar-refractivity contribution in [3.63, 3.8) is 0 Å². The Kier molecular flexibility index (Phi) is 2.69. The zero-order valence-corrected chi connectivity index (χ0v) is 8.92. The molecule has 0 aliphatic heterocycles. The molecule has 1 aromatic heterocycles. The van der Waals surface area contributed by atoms with E-state index in [0.717, 1.165) is 16.7 Å². The summed E-state index contributed by atoms with van der Waals surface area (Å²) in [5.74, 6) is -0.328. The van der Waals surface area contributed by atoms with E-state index in [0.29, 0.717) is 5.02 Å². The molecule has 0 aliphatic rings. The zero-order chi connectivity index (χ0) is 10.8. The molecule has 1 aromatic carbocycles. The van der Waals surface area contributed by atoms with Crippen molar-refractivity contribution < 1.29 is 4.39 Å². The highest BCUT2D eigenvalue weighted by atomic mass is 35.5. The molecule has 0 amide bonds. The van der Waals surface area contributed by atoms with Gasteiger partial charge < -0.3 is 0 Å². The van der Waals surface area contributed by atoms with Crippen molar-refractivity contribution in [1.82, 2.24) is 4.98 Å². The fourth-order valence-corrected chi connectivity index (χ4v) is 1.72. The van der Waals surface area contributed by atoms with Crippen LogP contribution >= 0.6 is 11.6 Å². The normalized spacial score (nSPS) is 10.3. The smallest absolute Gasteiger partial charge is 0.124 e. The van der Waals surface area contributed by atoms with Gasteiger partial charge in [-0.15, -0.1) is 0 Å². The minimum atomic E-state index is -0.328. The zero-order valence-electron chi connectivity index (χ0n) is 8.17. The second-order valence-corrected chi connectivity index (χ2v) is 3.72. The molecule has 0 N–H and O–H groups in total. The second kappa shape index (κ2) is 3.99. The number of rotatable bonds is 1. The number of pyridine rings is 1. The summed E-state index contributed by atoms with van der Waals surface area (Å²) < 4.78 is 12.9. The van der Waals surface area contributed by atoms with Gasteiger partial charge in [-0.1, -0.05) is 11.6 Å². The van der Waals surface area contributed by atoms with E-state index in [9.17, 15) is 4.39 Å². The van der Waals surface area contributed by atoms with Gasteiger partial charge in [-0.05, 0) is 36.8 Å². The Hall–Kier alpha value is -1.41. The molecule has 0 radical (unpaired) electrons. The summed E-state index contributed by atoms with van der Waals surface area (Å²) in [4.78, 5) is 4.03. The molecule has 0 saturated heterocycles. The number of nitrogens with zero attached hydrogens (tertiary/aromatic N) is 1. The maximum Gasteiger partial charge on any atom is 0.124 e. The molecule has 1 nitrogen and oxygen atoms in total. The van der Waals surface area contributed by atoms with Crippen molar-refractivity contribution in [2.45, 2.75) is 6.92 Å². The number of aromatic nitrogens is 1. The predicted octanol–water partition coefficient (Wildman–Crippen LogP) is 3.85. The van der Waals surface area contributed by atoms with Crippen molar-refractivity contribution in [1.29, 1.82) is 0 Å². The Morgan fingerprint density at radius 3 is 2.67 bits per heavy atom. The largest absolute Gasteiger partial charge is 0.264 e. The van der Waals surface area contributed by atoms with E-state index >= 15 is 0 Å². The predicted molar refractivity (Wildman–Crippen MR) is 59.4 cm³/mol. The summed E-state index contributed by atoms with van der Waals surface area (Å²) in [5.41, 5.74) is 2.81. The number of hydrogen-bond acceptors (Lipinski definition) is 1. The third kappa shape index (κ3) is 2.00. The molecule has 0 aliphatic carbocycles. The van der Waals surface area contributed by atoms with Crippen LogP contribution in [0, 0.1) is 12.7 Å². The van der Waals surface area contributed by atoms with Gasteiger partial charge in [0.05, 0.1) is 5.02 Å². The van der Waals surface area contributed by atoms with E-state index in [1.54, 1.807) is 18.5 Å². The molecule has 0 atom stereocenters. The van der Waals surface area contributed by atoms with Gasteiger partial charge in [0.2, 0.25) is 0 Å². The van der Waals surface area contributed by atoms with Crippen LogP contribution in [0.25, 0.3) is 11.1 Å². The SMILES string of the molecule is Cc1ccncc1-c1ccc(F)cc1Cl. The lowest BCUT2D eigenvalue weighted by atomic mass is 10.0. The van der Waals surface area contributed by atoms with E-state index in [-0.39, 0.29) is 5.82 Å². The standard InChI is InChI=1S/C12H9ClFN/c1-8-4-5-15-7-11(8)10-3-2-9(14)6-12(10)13/h2-7H,1H3. The van der Waals surface area contributed by atoms with Crippen LogP contribution in [0.2, 0.25) is 5.02 Å². The van der Waals surface area contributed by atoms with Crippen LogP contribution in [0.15, 0.2) is 36.7 Å². The summed E-state index contributed by atoms with van der Waals surface area (Å²) in [6, 6.07) is 6.27. The van der Waals surface area contributed by atoms with Gasteiger partial charge in [-0.25, -0.2) is 4.39 Å². The lowest BCUT2D eigenvalue weighted by Gasteiger charge is -2.06. The van der Waals surface area contributed by atoms with E-state index in [1.165, 1.54) is 12.1 Å². The number of hydrogen-bond donors (Lipinski definition) is 0. The summed E-state index contributed by atoms with van der Waals surface area (Å²) in [5, 5.41) is 0.408. The number of aryl methyl sites for hydroxylation is 1. The first kappa shape index (κ1) is 10.1. The average molecular weight is 222 g/mol. The van der Waals surface area contributed by atoms with Crippen LogP contribution in [0.3, 0.4) is 0 Å². The first-order valence-electron chi connectivity index (χ1n) is 4.54. The lowest BCUT2D eigenvalue weighted by Crippen LogP contribution is -1.86. The molecular formula is C12H9ClFN. The maximum atomic E-state index is 12.9.